The summed E-state index contributed by atoms with van der Waals surface area (Å²) in [6.07, 6.45) is -1.17. The molecular formula is C7H11ClO4. The van der Waals surface area contributed by atoms with Gasteiger partial charge in [0.25, 0.3) is 0 Å². The molecule has 0 radical (unpaired) electrons. The van der Waals surface area contributed by atoms with Crippen LogP contribution in [-0.2, 0) is 14.3 Å². The fourth-order valence-corrected chi connectivity index (χ4v) is 0.649. The Balaban J connectivity index is 3.85. The van der Waals surface area contributed by atoms with Crippen LogP contribution in [-0.4, -0.2) is 23.6 Å². The van der Waals surface area contributed by atoms with Crippen LogP contribution >= 0.6 is 11.6 Å². The van der Waals surface area contributed by atoms with E-state index in [1.165, 1.54) is 6.92 Å². The summed E-state index contributed by atoms with van der Waals surface area (Å²) in [4.78, 5) is 21.1. The molecule has 0 aliphatic carbocycles. The number of rotatable bonds is 3. The summed E-state index contributed by atoms with van der Waals surface area (Å²) in [5.74, 6) is -0.598. The van der Waals surface area contributed by atoms with E-state index in [2.05, 4.69) is 4.74 Å². The number of esters is 1. The Morgan fingerprint density at radius 2 is 1.67 bits per heavy atom. The van der Waals surface area contributed by atoms with E-state index in [4.69, 9.17) is 16.3 Å². The third-order valence-corrected chi connectivity index (χ3v) is 1.04. The maximum Gasteiger partial charge on any atom is 0.404 e. The lowest BCUT2D eigenvalue weighted by Crippen LogP contribution is -2.26. The van der Waals surface area contributed by atoms with E-state index in [-0.39, 0.29) is 6.10 Å². The molecule has 0 fully saturated rings. The highest BCUT2D eigenvalue weighted by atomic mass is 35.5. The average Bonchev–Trinajstić information content (AvgIpc) is 1.84. The van der Waals surface area contributed by atoms with Gasteiger partial charge in [0.1, 0.15) is 0 Å². The van der Waals surface area contributed by atoms with E-state index in [9.17, 15) is 9.59 Å². The van der Waals surface area contributed by atoms with Gasteiger partial charge >= 0.3 is 11.4 Å². The minimum absolute atomic E-state index is 0.228. The van der Waals surface area contributed by atoms with Gasteiger partial charge in [-0.25, -0.2) is 9.59 Å². The van der Waals surface area contributed by atoms with Gasteiger partial charge in [-0.3, -0.25) is 0 Å². The highest BCUT2D eigenvalue weighted by molar-refractivity contribution is 6.61. The van der Waals surface area contributed by atoms with Gasteiger partial charge in [0.2, 0.25) is 0 Å². The van der Waals surface area contributed by atoms with Crippen LogP contribution < -0.4 is 0 Å². The second kappa shape index (κ2) is 4.98. The van der Waals surface area contributed by atoms with Crippen molar-refractivity contribution in [1.29, 1.82) is 0 Å². The van der Waals surface area contributed by atoms with E-state index in [0.717, 1.165) is 0 Å². The quantitative estimate of drug-likeness (QED) is 0.507. The smallest absolute Gasteiger partial charge is 0.404 e. The standard InChI is InChI=1S/C7H11ClO4/c1-4(2)11-6(9)5(3)12-7(8)10/h4-5H,1-3H3. The van der Waals surface area contributed by atoms with Crippen molar-refractivity contribution in [1.82, 2.24) is 0 Å². The Hall–Kier alpha value is -0.770. The first-order valence-corrected chi connectivity index (χ1v) is 3.88. The minimum Gasteiger partial charge on any atom is -0.460 e. The van der Waals surface area contributed by atoms with Gasteiger partial charge in [0, 0.05) is 11.6 Å². The summed E-state index contributed by atoms with van der Waals surface area (Å²) >= 11 is 4.88. The SMILES string of the molecule is CC(C)OC(=O)C(C)OC(=O)Cl. The summed E-state index contributed by atoms with van der Waals surface area (Å²) in [6, 6.07) is 0. The molecule has 0 bridgehead atoms. The van der Waals surface area contributed by atoms with Gasteiger partial charge < -0.3 is 9.47 Å². The first-order chi connectivity index (χ1) is 5.43. The van der Waals surface area contributed by atoms with Gasteiger partial charge in [0.05, 0.1) is 6.10 Å². The van der Waals surface area contributed by atoms with Crippen LogP contribution in [0.15, 0.2) is 0 Å². The third kappa shape index (κ3) is 4.96. The van der Waals surface area contributed by atoms with Gasteiger partial charge in [-0.05, 0) is 20.8 Å². The first-order valence-electron chi connectivity index (χ1n) is 3.50. The maximum atomic E-state index is 10.9. The molecule has 5 heteroatoms. The summed E-state index contributed by atoms with van der Waals surface area (Å²) in [7, 11) is 0. The molecule has 4 nitrogen and oxygen atoms in total. The fourth-order valence-electron chi connectivity index (χ4n) is 0.515. The average molecular weight is 195 g/mol. The molecule has 0 saturated heterocycles. The molecule has 0 spiro atoms. The number of hydrogen-bond acceptors (Lipinski definition) is 4. The Morgan fingerprint density at radius 1 is 1.17 bits per heavy atom. The topological polar surface area (TPSA) is 52.6 Å². The second-order valence-corrected chi connectivity index (χ2v) is 2.79. The predicted octanol–water partition coefficient (Wildman–Crippen LogP) is 1.70. The molecule has 1 unspecified atom stereocenters. The first kappa shape index (κ1) is 11.2. The molecule has 12 heavy (non-hydrogen) atoms. The summed E-state index contributed by atoms with van der Waals surface area (Å²) in [5.41, 5.74) is -1.01. The lowest BCUT2D eigenvalue weighted by Gasteiger charge is -2.12. The largest absolute Gasteiger partial charge is 0.460 e. The van der Waals surface area contributed by atoms with Gasteiger partial charge in [-0.15, -0.1) is 0 Å². The molecule has 0 aromatic rings. The van der Waals surface area contributed by atoms with Crippen molar-refractivity contribution in [3.05, 3.63) is 0 Å². The zero-order chi connectivity index (χ0) is 9.72. The zero-order valence-corrected chi connectivity index (χ0v) is 7.92. The van der Waals surface area contributed by atoms with Crippen molar-refractivity contribution in [2.24, 2.45) is 0 Å². The molecule has 0 rings (SSSR count). The van der Waals surface area contributed by atoms with Crippen LogP contribution in [0.5, 0.6) is 0 Å². The molecule has 0 aliphatic rings. The number of carbonyl (C=O) groups is 2. The number of hydrogen-bond donors (Lipinski definition) is 0. The Morgan fingerprint density at radius 3 is 2.00 bits per heavy atom. The van der Waals surface area contributed by atoms with E-state index < -0.39 is 17.5 Å². The van der Waals surface area contributed by atoms with Gasteiger partial charge in [-0.2, -0.15) is 0 Å². The van der Waals surface area contributed by atoms with Gasteiger partial charge in [0.15, 0.2) is 6.10 Å². The van der Waals surface area contributed by atoms with E-state index in [1.54, 1.807) is 13.8 Å². The molecule has 1 atom stereocenters. The van der Waals surface area contributed by atoms with Crippen molar-refractivity contribution in [3.63, 3.8) is 0 Å². The highest BCUT2D eigenvalue weighted by Gasteiger charge is 2.18. The molecule has 0 saturated carbocycles. The Bertz CT molecular complexity index is 178. The Labute approximate surface area is 75.8 Å². The van der Waals surface area contributed by atoms with Crippen LogP contribution in [0.4, 0.5) is 4.79 Å². The maximum absolute atomic E-state index is 10.9. The predicted molar refractivity (Wildman–Crippen MR) is 43.0 cm³/mol. The molecule has 0 N–H and O–H groups in total. The van der Waals surface area contributed by atoms with Crippen molar-refractivity contribution in [2.45, 2.75) is 33.0 Å². The van der Waals surface area contributed by atoms with Gasteiger partial charge in [-0.1, -0.05) is 0 Å². The third-order valence-electron chi connectivity index (χ3n) is 0.953. The van der Waals surface area contributed by atoms with Crippen molar-refractivity contribution < 1.29 is 19.1 Å². The Kier molecular flexibility index (Phi) is 4.66. The molecule has 0 heterocycles. The molecule has 0 aromatic carbocycles. The van der Waals surface area contributed by atoms with Crippen LogP contribution in [0, 0.1) is 0 Å². The fraction of sp³-hybridized carbons (Fsp3) is 0.714. The van der Waals surface area contributed by atoms with Crippen molar-refractivity contribution in [3.8, 4) is 0 Å². The van der Waals surface area contributed by atoms with Crippen molar-refractivity contribution in [2.75, 3.05) is 0 Å². The number of halogens is 1. The summed E-state index contributed by atoms with van der Waals surface area (Å²) in [5, 5.41) is 0. The molecule has 0 aliphatic heterocycles. The van der Waals surface area contributed by atoms with E-state index >= 15 is 0 Å². The van der Waals surface area contributed by atoms with Crippen LogP contribution in [0.25, 0.3) is 0 Å². The van der Waals surface area contributed by atoms with Crippen LogP contribution in [0.1, 0.15) is 20.8 Å². The zero-order valence-electron chi connectivity index (χ0n) is 7.17. The second-order valence-electron chi connectivity index (χ2n) is 2.48. The monoisotopic (exact) mass is 194 g/mol. The molecule has 0 aromatic heterocycles. The van der Waals surface area contributed by atoms with Crippen LogP contribution in [0.3, 0.4) is 0 Å². The minimum atomic E-state index is -1.01. The molecule has 0 amide bonds. The van der Waals surface area contributed by atoms with E-state index in [0.29, 0.717) is 0 Å². The van der Waals surface area contributed by atoms with Crippen LogP contribution in [0.2, 0.25) is 0 Å². The molecule has 70 valence electrons. The normalized spacial score (nSPS) is 12.4. The summed E-state index contributed by atoms with van der Waals surface area (Å²) in [6.45, 7) is 4.80. The highest BCUT2D eigenvalue weighted by Crippen LogP contribution is 2.00. The molecular weight excluding hydrogens is 184 g/mol. The summed E-state index contributed by atoms with van der Waals surface area (Å²) < 4.78 is 9.10. The van der Waals surface area contributed by atoms with E-state index in [1.807, 2.05) is 0 Å². The van der Waals surface area contributed by atoms with Crippen molar-refractivity contribution >= 4 is 23.0 Å². The number of ether oxygens (including phenoxy) is 2. The lowest BCUT2D eigenvalue weighted by atomic mass is 10.4. The lowest BCUT2D eigenvalue weighted by molar-refractivity contribution is -0.156. The number of carbonyl (C=O) groups excluding carboxylic acids is 2.